The van der Waals surface area contributed by atoms with E-state index < -0.39 is 12.7 Å². The van der Waals surface area contributed by atoms with E-state index >= 15 is 0 Å². The molecule has 1 saturated heterocycles. The predicted octanol–water partition coefficient (Wildman–Crippen LogP) is 4.03. The number of ether oxygens (including phenoxy) is 1. The van der Waals surface area contributed by atoms with E-state index in [1.807, 2.05) is 6.07 Å². The summed E-state index contributed by atoms with van der Waals surface area (Å²) in [6.45, 7) is 2.51. The summed E-state index contributed by atoms with van der Waals surface area (Å²) in [5, 5.41) is 0.715. The van der Waals surface area contributed by atoms with Crippen LogP contribution in [0.3, 0.4) is 0 Å². The first-order valence-electron chi connectivity index (χ1n) is 10.9. The average Bonchev–Trinajstić information content (AvgIpc) is 3.16. The highest BCUT2D eigenvalue weighted by atomic mass is 19.4. The molecule has 2 aliphatic heterocycles. The van der Waals surface area contributed by atoms with Gasteiger partial charge in [0.25, 0.3) is 0 Å². The van der Waals surface area contributed by atoms with Crippen molar-refractivity contribution in [2.75, 3.05) is 31.6 Å². The highest BCUT2D eigenvalue weighted by molar-refractivity contribution is 5.86. The second kappa shape index (κ2) is 8.27. The maximum Gasteiger partial charge on any atom is 0.406 e. The van der Waals surface area contributed by atoms with Crippen LogP contribution in [0.4, 0.5) is 19.0 Å². The third-order valence-corrected chi connectivity index (χ3v) is 6.33. The molecule has 0 radical (unpaired) electrons. The molecule has 9 heteroatoms. The molecular weight excluding hydrogens is 419 g/mol. The normalized spacial score (nSPS) is 18.2. The van der Waals surface area contributed by atoms with Crippen molar-refractivity contribution in [1.29, 1.82) is 0 Å². The molecule has 0 aliphatic carbocycles. The Bertz CT molecular complexity index is 1100. The number of hydrogen-bond acceptors (Lipinski definition) is 5. The second-order valence-electron chi connectivity index (χ2n) is 8.66. The maximum atomic E-state index is 12.9. The molecule has 0 spiro atoms. The van der Waals surface area contributed by atoms with Crippen LogP contribution in [0, 0.1) is 0 Å². The first-order valence-corrected chi connectivity index (χ1v) is 10.9. The van der Waals surface area contributed by atoms with Crippen molar-refractivity contribution in [1.82, 2.24) is 19.4 Å². The van der Waals surface area contributed by atoms with Gasteiger partial charge >= 0.3 is 6.18 Å². The molecule has 2 aliphatic rings. The van der Waals surface area contributed by atoms with E-state index in [9.17, 15) is 13.2 Å². The lowest BCUT2D eigenvalue weighted by atomic mass is 10.0. The zero-order valence-corrected chi connectivity index (χ0v) is 18.0. The third-order valence-electron chi connectivity index (χ3n) is 6.33. The van der Waals surface area contributed by atoms with Gasteiger partial charge in [0.05, 0.1) is 11.2 Å². The van der Waals surface area contributed by atoms with Crippen molar-refractivity contribution in [3.05, 3.63) is 48.0 Å². The maximum absolute atomic E-state index is 12.9. The Labute approximate surface area is 184 Å². The number of nitrogens with zero attached hydrogens (tertiary/aromatic N) is 5. The summed E-state index contributed by atoms with van der Waals surface area (Å²) in [5.41, 5.74) is 2.90. The molecule has 1 aromatic carbocycles. The fourth-order valence-electron chi connectivity index (χ4n) is 4.73. The molecule has 32 heavy (non-hydrogen) atoms. The predicted molar refractivity (Wildman–Crippen MR) is 116 cm³/mol. The zero-order valence-electron chi connectivity index (χ0n) is 18.0. The quantitative estimate of drug-likeness (QED) is 0.607. The Morgan fingerprint density at radius 1 is 1.09 bits per heavy atom. The number of likely N-dealkylation sites (N-methyl/N-ethyl adjacent to an activating group) is 1. The number of alkyl halides is 3. The van der Waals surface area contributed by atoms with Gasteiger partial charge < -0.3 is 19.1 Å². The van der Waals surface area contributed by atoms with E-state index in [2.05, 4.69) is 26.8 Å². The minimum Gasteiger partial charge on any atom is -0.490 e. The minimum absolute atomic E-state index is 0.0168. The van der Waals surface area contributed by atoms with Crippen molar-refractivity contribution in [3.63, 3.8) is 0 Å². The van der Waals surface area contributed by atoms with E-state index in [0.29, 0.717) is 16.7 Å². The molecule has 5 rings (SSSR count). The SMILES string of the molecule is CN1CCc2ncnc(N3CCC(Oc4cccc5c4ccn5CC(F)(F)F)CC3)c2C1. The van der Waals surface area contributed by atoms with Crippen LogP contribution >= 0.6 is 0 Å². The lowest BCUT2D eigenvalue weighted by molar-refractivity contribution is -0.139. The topological polar surface area (TPSA) is 46.4 Å². The summed E-state index contributed by atoms with van der Waals surface area (Å²) in [6, 6.07) is 6.99. The van der Waals surface area contributed by atoms with Gasteiger partial charge in [-0.15, -0.1) is 0 Å². The molecule has 0 amide bonds. The van der Waals surface area contributed by atoms with Crippen LogP contribution in [0.25, 0.3) is 10.9 Å². The Morgan fingerprint density at radius 3 is 2.69 bits per heavy atom. The minimum atomic E-state index is -4.26. The molecule has 170 valence electrons. The number of benzene rings is 1. The molecule has 0 N–H and O–H groups in total. The molecule has 0 unspecified atom stereocenters. The Hall–Kier alpha value is -2.81. The number of halogens is 3. The summed E-state index contributed by atoms with van der Waals surface area (Å²) in [7, 11) is 2.11. The van der Waals surface area contributed by atoms with Gasteiger partial charge in [-0.2, -0.15) is 13.2 Å². The van der Waals surface area contributed by atoms with Crippen LogP contribution in [0.2, 0.25) is 0 Å². The van der Waals surface area contributed by atoms with Crippen molar-refractivity contribution in [3.8, 4) is 5.75 Å². The molecule has 0 saturated carbocycles. The fourth-order valence-corrected chi connectivity index (χ4v) is 4.73. The standard InChI is InChI=1S/C23H26F3N5O/c1-29-9-8-19-18(13-29)22(28-15-27-19)30-10-5-16(6-11-30)32-21-4-2-3-20-17(21)7-12-31(20)14-23(24,25)26/h2-4,7,12,15-16H,5-6,8-11,13-14H2,1H3. The summed E-state index contributed by atoms with van der Waals surface area (Å²) in [5.74, 6) is 1.66. The molecular formula is C23H26F3N5O. The summed E-state index contributed by atoms with van der Waals surface area (Å²) >= 11 is 0. The van der Waals surface area contributed by atoms with Crippen LogP contribution in [0.5, 0.6) is 5.75 Å². The summed E-state index contributed by atoms with van der Waals surface area (Å²) in [4.78, 5) is 13.7. The van der Waals surface area contributed by atoms with Gasteiger partial charge in [0, 0.05) is 62.6 Å². The van der Waals surface area contributed by atoms with Gasteiger partial charge in [0.2, 0.25) is 0 Å². The monoisotopic (exact) mass is 445 g/mol. The van der Waals surface area contributed by atoms with E-state index in [-0.39, 0.29) is 6.10 Å². The van der Waals surface area contributed by atoms with Gasteiger partial charge in [-0.05, 0) is 25.2 Å². The van der Waals surface area contributed by atoms with Crippen LogP contribution in [0.15, 0.2) is 36.8 Å². The highest BCUT2D eigenvalue weighted by Crippen LogP contribution is 2.32. The molecule has 3 aromatic rings. The molecule has 1 fully saturated rings. The third kappa shape index (κ3) is 4.26. The molecule has 2 aromatic heterocycles. The van der Waals surface area contributed by atoms with Crippen LogP contribution in [0.1, 0.15) is 24.1 Å². The Morgan fingerprint density at radius 2 is 1.91 bits per heavy atom. The highest BCUT2D eigenvalue weighted by Gasteiger charge is 2.29. The lowest BCUT2D eigenvalue weighted by Crippen LogP contribution is -2.40. The van der Waals surface area contributed by atoms with E-state index in [0.717, 1.165) is 57.0 Å². The summed E-state index contributed by atoms with van der Waals surface area (Å²) < 4.78 is 46.1. The zero-order chi connectivity index (χ0) is 22.3. The Kier molecular flexibility index (Phi) is 5.44. The van der Waals surface area contributed by atoms with Gasteiger partial charge in [0.1, 0.15) is 30.5 Å². The molecule has 6 nitrogen and oxygen atoms in total. The lowest BCUT2D eigenvalue weighted by Gasteiger charge is -2.35. The smallest absolute Gasteiger partial charge is 0.406 e. The van der Waals surface area contributed by atoms with Crippen LogP contribution in [-0.4, -0.2) is 58.4 Å². The van der Waals surface area contributed by atoms with Crippen molar-refractivity contribution in [2.24, 2.45) is 0 Å². The number of rotatable bonds is 4. The van der Waals surface area contributed by atoms with Gasteiger partial charge in [-0.3, -0.25) is 0 Å². The van der Waals surface area contributed by atoms with E-state index in [1.54, 1.807) is 24.5 Å². The van der Waals surface area contributed by atoms with Gasteiger partial charge in [-0.25, -0.2) is 9.97 Å². The molecule has 0 bridgehead atoms. The van der Waals surface area contributed by atoms with E-state index in [4.69, 9.17) is 4.74 Å². The largest absolute Gasteiger partial charge is 0.490 e. The average molecular weight is 445 g/mol. The van der Waals surface area contributed by atoms with Gasteiger partial charge in [-0.1, -0.05) is 6.07 Å². The molecule has 4 heterocycles. The fraction of sp³-hybridized carbons (Fsp3) is 0.478. The van der Waals surface area contributed by atoms with Gasteiger partial charge in [0.15, 0.2) is 0 Å². The number of fused-ring (bicyclic) bond motifs is 2. The first-order chi connectivity index (χ1) is 15.4. The number of anilines is 1. The van der Waals surface area contributed by atoms with Crippen LogP contribution in [-0.2, 0) is 19.5 Å². The van der Waals surface area contributed by atoms with Crippen molar-refractivity contribution < 1.29 is 17.9 Å². The second-order valence-corrected chi connectivity index (χ2v) is 8.66. The summed E-state index contributed by atoms with van der Waals surface area (Å²) in [6.07, 6.45) is 1.49. The van der Waals surface area contributed by atoms with E-state index in [1.165, 1.54) is 16.3 Å². The number of aromatic nitrogens is 3. The number of piperidine rings is 1. The molecule has 0 atom stereocenters. The van der Waals surface area contributed by atoms with Crippen LogP contribution < -0.4 is 9.64 Å². The number of hydrogen-bond donors (Lipinski definition) is 0. The Balaban J connectivity index is 1.28. The first kappa shape index (κ1) is 21.1. The van der Waals surface area contributed by atoms with Crippen molar-refractivity contribution >= 4 is 16.7 Å². The van der Waals surface area contributed by atoms with Crippen molar-refractivity contribution in [2.45, 2.75) is 44.6 Å².